The first-order valence-corrected chi connectivity index (χ1v) is 19.6. The van der Waals surface area contributed by atoms with Gasteiger partial charge < -0.3 is 29.9 Å². The van der Waals surface area contributed by atoms with Crippen LogP contribution in [0.3, 0.4) is 0 Å². The topological polar surface area (TPSA) is 140 Å². The molecule has 2 aliphatic rings. The number of hydrogen-bond acceptors (Lipinski definition) is 11. The molecule has 0 radical (unpaired) electrons. The van der Waals surface area contributed by atoms with Crippen molar-refractivity contribution in [2.24, 2.45) is 5.92 Å². The quantitative estimate of drug-likeness (QED) is 0.121. The number of alkyl halides is 5. The predicted molar refractivity (Wildman–Crippen MR) is 218 cm³/mol. The van der Waals surface area contributed by atoms with Crippen molar-refractivity contribution in [2.45, 2.75) is 44.9 Å². The van der Waals surface area contributed by atoms with Gasteiger partial charge in [0.1, 0.15) is 35.9 Å². The molecule has 0 bridgehead atoms. The average Bonchev–Trinajstić information content (AvgIpc) is 3.97. The second kappa shape index (κ2) is 18.3. The van der Waals surface area contributed by atoms with Gasteiger partial charge in [0.05, 0.1) is 23.5 Å². The number of piperidine rings is 1. The molecule has 21 heteroatoms. The number of carbonyl (C=O) groups is 1. The van der Waals surface area contributed by atoms with Crippen LogP contribution >= 0.6 is 0 Å². The fourth-order valence-electron chi connectivity index (χ4n) is 7.21. The van der Waals surface area contributed by atoms with Crippen molar-refractivity contribution in [1.82, 2.24) is 39.4 Å². The van der Waals surface area contributed by atoms with Gasteiger partial charge in [-0.15, -0.1) is 10.2 Å². The second-order valence-electron chi connectivity index (χ2n) is 15.3. The van der Waals surface area contributed by atoms with Crippen LogP contribution in [0.1, 0.15) is 48.4 Å². The van der Waals surface area contributed by atoms with E-state index >= 15 is 0 Å². The molecule has 63 heavy (non-hydrogen) atoms. The number of cyclic esters (lactones) is 1. The summed E-state index contributed by atoms with van der Waals surface area (Å²) in [5.41, 5.74) is 1.10. The maximum Gasteiger partial charge on any atom is 0.416 e. The maximum atomic E-state index is 13.5. The van der Waals surface area contributed by atoms with Gasteiger partial charge in [-0.05, 0) is 98.3 Å². The molecule has 3 aromatic heterocycles. The molecule has 8 rings (SSSR count). The molecule has 1 atom stereocenters. The van der Waals surface area contributed by atoms with E-state index in [0.29, 0.717) is 43.7 Å². The Morgan fingerprint density at radius 1 is 0.889 bits per heavy atom. The Bertz CT molecular complexity index is 2540. The van der Waals surface area contributed by atoms with Crippen LogP contribution in [0.25, 0.3) is 11.4 Å². The molecule has 5 heterocycles. The average molecular weight is 882 g/mol. The molecule has 0 saturated carbocycles. The zero-order valence-corrected chi connectivity index (χ0v) is 34.4. The van der Waals surface area contributed by atoms with Crippen LogP contribution in [0.15, 0.2) is 85.5 Å². The molecule has 0 spiro atoms. The number of carbonyl (C=O) groups excluding carboxylic acids is 1. The lowest BCUT2D eigenvalue weighted by Gasteiger charge is -2.32. The van der Waals surface area contributed by atoms with Gasteiger partial charge in [0.2, 0.25) is 11.9 Å². The summed E-state index contributed by atoms with van der Waals surface area (Å²) in [6.45, 7) is 6.21. The monoisotopic (exact) mass is 881 g/mol. The highest BCUT2D eigenvalue weighted by atomic mass is 19.4. The van der Waals surface area contributed by atoms with E-state index in [-0.39, 0.29) is 40.7 Å². The smallest absolute Gasteiger partial charge is 0.416 e. The first-order chi connectivity index (χ1) is 29.9. The molecule has 6 aromatic rings. The number of ether oxygens (including phenoxy) is 2. The molecule has 0 unspecified atom stereocenters. The number of likely N-dealkylation sites (N-methyl/N-ethyl adjacent to an activating group) is 1. The van der Waals surface area contributed by atoms with Crippen molar-refractivity contribution in [2.75, 3.05) is 55.9 Å². The fraction of sp³-hybridized carbons (Fsp3) is 0.333. The highest BCUT2D eigenvalue weighted by Crippen LogP contribution is 2.35. The SMILES string of the molecule is COCC1CCN(c2cc(C(F)F)cc(Nc3ncn(-c4cccc(C(F)(F)F)c4)n3)n2)CC1.Cc1cc(Nc2ncn(-c3cc(F)cc(F)c3)n2)cc([C@]2(C)CN(C)C(=O)O2)c1. The van der Waals surface area contributed by atoms with Gasteiger partial charge in [0.25, 0.3) is 6.43 Å². The minimum absolute atomic E-state index is 0.0149. The number of pyridine rings is 1. The molecule has 2 aliphatic heterocycles. The van der Waals surface area contributed by atoms with Gasteiger partial charge in [0, 0.05) is 51.2 Å². The Labute approximate surface area is 356 Å². The lowest BCUT2D eigenvalue weighted by Crippen LogP contribution is -2.35. The maximum absolute atomic E-state index is 13.5. The Kier molecular flexibility index (Phi) is 12.9. The number of benzene rings is 3. The number of amides is 1. The molecule has 14 nitrogen and oxygen atoms in total. The number of hydrogen-bond donors (Lipinski definition) is 2. The van der Waals surface area contributed by atoms with Crippen LogP contribution in [0.5, 0.6) is 0 Å². The number of aromatic nitrogens is 7. The molecule has 332 valence electrons. The molecule has 2 saturated heterocycles. The number of aryl methyl sites for hydroxylation is 1. The summed E-state index contributed by atoms with van der Waals surface area (Å²) in [4.78, 5) is 27.9. The van der Waals surface area contributed by atoms with Gasteiger partial charge in [-0.3, -0.25) is 0 Å². The number of methoxy groups -OCH3 is 1. The zero-order chi connectivity index (χ0) is 45.1. The lowest BCUT2D eigenvalue weighted by molar-refractivity contribution is -0.137. The van der Waals surface area contributed by atoms with E-state index in [9.17, 15) is 35.5 Å². The van der Waals surface area contributed by atoms with E-state index in [1.165, 1.54) is 46.5 Å². The summed E-state index contributed by atoms with van der Waals surface area (Å²) in [5.74, 6) is -0.170. The van der Waals surface area contributed by atoms with Crippen molar-refractivity contribution >= 4 is 35.3 Å². The number of halogens is 7. The molecule has 2 N–H and O–H groups in total. The lowest BCUT2D eigenvalue weighted by atomic mass is 9.94. The number of nitrogens with one attached hydrogen (secondary N) is 2. The van der Waals surface area contributed by atoms with Crippen LogP contribution in [0.2, 0.25) is 0 Å². The van der Waals surface area contributed by atoms with Crippen molar-refractivity contribution in [3.8, 4) is 11.4 Å². The highest BCUT2D eigenvalue weighted by molar-refractivity contribution is 5.71. The van der Waals surface area contributed by atoms with Crippen LogP contribution < -0.4 is 15.5 Å². The molecule has 3 aromatic carbocycles. The number of nitrogens with zero attached hydrogens (tertiary/aromatic N) is 9. The molecular formula is C42H42F7N11O3. The van der Waals surface area contributed by atoms with E-state index in [1.807, 2.05) is 36.9 Å². The van der Waals surface area contributed by atoms with Crippen molar-refractivity contribution in [3.63, 3.8) is 0 Å². The number of rotatable bonds is 11. The Morgan fingerprint density at radius 2 is 1.56 bits per heavy atom. The molecule has 1 amide bonds. The van der Waals surface area contributed by atoms with Crippen LogP contribution in [0, 0.1) is 24.5 Å². The summed E-state index contributed by atoms with van der Waals surface area (Å²) in [6.07, 6.45) is -3.25. The Balaban J connectivity index is 0.000000191. The van der Waals surface area contributed by atoms with E-state index < -0.39 is 35.4 Å². The Hall–Kier alpha value is -6.77. The van der Waals surface area contributed by atoms with Gasteiger partial charge >= 0.3 is 12.3 Å². The second-order valence-corrected chi connectivity index (χ2v) is 15.3. The summed E-state index contributed by atoms with van der Waals surface area (Å²) in [6, 6.07) is 16.0. The third kappa shape index (κ3) is 10.8. The standard InChI is InChI=1S/C22H23F5N6O.C20H19F2N5O2/c1-34-12-14-5-7-32(8-6-14)19-10-15(20(23)24)9-18(29-19)30-21-28-13-33(31-21)17-4-2-3-16(11-17)22(25,26)27;1-12-4-13(20(2)10-26(3)19(28)29-20)6-16(5-12)24-18-23-11-27(25-18)17-8-14(21)7-15(22)9-17/h2-4,9-11,13-14,20H,5-8,12H2,1H3,(H,29,30,31);4-9,11H,10H2,1-3H3,(H,24,25)/t;20-/m.0/s1. The summed E-state index contributed by atoms with van der Waals surface area (Å²) < 4.78 is 106. The van der Waals surface area contributed by atoms with Crippen molar-refractivity contribution < 1.29 is 45.0 Å². The largest absolute Gasteiger partial charge is 0.436 e. The van der Waals surface area contributed by atoms with Crippen LogP contribution in [0.4, 0.5) is 64.7 Å². The number of anilines is 5. The van der Waals surface area contributed by atoms with Gasteiger partial charge in [0.15, 0.2) is 5.60 Å². The minimum Gasteiger partial charge on any atom is -0.436 e. The van der Waals surface area contributed by atoms with Crippen LogP contribution in [-0.2, 0) is 21.3 Å². The van der Waals surface area contributed by atoms with Gasteiger partial charge in [-0.1, -0.05) is 12.1 Å². The first-order valence-electron chi connectivity index (χ1n) is 19.6. The third-order valence-electron chi connectivity index (χ3n) is 10.3. The minimum atomic E-state index is -4.49. The predicted octanol–water partition coefficient (Wildman–Crippen LogP) is 9.12. The van der Waals surface area contributed by atoms with Gasteiger partial charge in [-0.25, -0.2) is 36.7 Å². The molecular weight excluding hydrogens is 840 g/mol. The fourth-order valence-corrected chi connectivity index (χ4v) is 7.21. The highest BCUT2D eigenvalue weighted by Gasteiger charge is 2.41. The van der Waals surface area contributed by atoms with E-state index in [1.54, 1.807) is 14.2 Å². The normalized spacial score (nSPS) is 16.9. The van der Waals surface area contributed by atoms with Gasteiger partial charge in [-0.2, -0.15) is 23.1 Å². The molecule has 0 aliphatic carbocycles. The van der Waals surface area contributed by atoms with Crippen LogP contribution in [-0.4, -0.2) is 85.9 Å². The van der Waals surface area contributed by atoms with Crippen molar-refractivity contribution in [3.05, 3.63) is 119 Å². The summed E-state index contributed by atoms with van der Waals surface area (Å²) in [7, 11) is 3.34. The van der Waals surface area contributed by atoms with Crippen molar-refractivity contribution in [1.29, 1.82) is 0 Å². The summed E-state index contributed by atoms with van der Waals surface area (Å²) >= 11 is 0. The molecule has 2 fully saturated rings. The first kappa shape index (κ1) is 44.3. The summed E-state index contributed by atoms with van der Waals surface area (Å²) in [5, 5.41) is 14.2. The van der Waals surface area contributed by atoms with E-state index in [4.69, 9.17) is 9.47 Å². The third-order valence-corrected chi connectivity index (χ3v) is 10.3. The van der Waals surface area contributed by atoms with E-state index in [2.05, 4.69) is 35.8 Å². The Morgan fingerprint density at radius 3 is 2.17 bits per heavy atom. The van der Waals surface area contributed by atoms with E-state index in [0.717, 1.165) is 59.0 Å². The zero-order valence-electron chi connectivity index (χ0n) is 34.4.